The molecule has 150 valence electrons. The average molecular weight is 433 g/mol. The highest BCUT2D eigenvalue weighted by atomic mass is 35.5. The topological polar surface area (TPSA) is 88.4 Å². The standard InChI is InChI=1S/C21H18Cl2N2O4/c1-12-5-4-6-18(13(12)2)25-21(27)15(10-24)7-14-8-16(22)20(17(23)9-14)29-11-19(26)28-3/h4-9H,11H2,1-3H3,(H,25,27)/b15-7+. The lowest BCUT2D eigenvalue weighted by Gasteiger charge is -2.11. The van der Waals surface area contributed by atoms with E-state index in [4.69, 9.17) is 27.9 Å². The van der Waals surface area contributed by atoms with Gasteiger partial charge in [-0.25, -0.2) is 4.79 Å². The summed E-state index contributed by atoms with van der Waals surface area (Å²) in [6.07, 6.45) is 1.36. The largest absolute Gasteiger partial charge is 0.479 e. The number of rotatable bonds is 6. The minimum atomic E-state index is -0.587. The summed E-state index contributed by atoms with van der Waals surface area (Å²) in [6.45, 7) is 3.46. The molecule has 8 heteroatoms. The van der Waals surface area contributed by atoms with Crippen molar-refractivity contribution in [3.8, 4) is 11.8 Å². The van der Waals surface area contributed by atoms with Crippen LogP contribution in [0.5, 0.6) is 5.75 Å². The zero-order chi connectivity index (χ0) is 21.6. The number of ether oxygens (including phenoxy) is 2. The summed E-state index contributed by atoms with van der Waals surface area (Å²) in [6, 6.07) is 10.3. The number of benzene rings is 2. The second-order valence-electron chi connectivity index (χ2n) is 6.05. The Bertz CT molecular complexity index is 1000. The number of hydrogen-bond donors (Lipinski definition) is 1. The molecule has 6 nitrogen and oxygen atoms in total. The summed E-state index contributed by atoms with van der Waals surface area (Å²) < 4.78 is 9.75. The summed E-state index contributed by atoms with van der Waals surface area (Å²) in [5.41, 5.74) is 2.86. The number of esters is 1. The van der Waals surface area contributed by atoms with Gasteiger partial charge in [-0.3, -0.25) is 4.79 Å². The molecule has 2 aromatic carbocycles. The van der Waals surface area contributed by atoms with E-state index in [1.165, 1.54) is 25.3 Å². The highest BCUT2D eigenvalue weighted by Crippen LogP contribution is 2.35. The Morgan fingerprint density at radius 3 is 2.45 bits per heavy atom. The molecular formula is C21H18Cl2N2O4. The van der Waals surface area contributed by atoms with Crippen molar-refractivity contribution in [2.75, 3.05) is 19.0 Å². The van der Waals surface area contributed by atoms with Gasteiger partial charge in [0.05, 0.1) is 17.2 Å². The van der Waals surface area contributed by atoms with Crippen LogP contribution in [-0.2, 0) is 14.3 Å². The number of amides is 1. The highest BCUT2D eigenvalue weighted by Gasteiger charge is 2.15. The molecule has 0 heterocycles. The third-order valence-electron chi connectivity index (χ3n) is 4.11. The van der Waals surface area contributed by atoms with Crippen molar-refractivity contribution in [3.63, 3.8) is 0 Å². The number of methoxy groups -OCH3 is 1. The van der Waals surface area contributed by atoms with Gasteiger partial charge in [-0.05, 0) is 54.8 Å². The summed E-state index contributed by atoms with van der Waals surface area (Å²) in [5, 5.41) is 12.4. The van der Waals surface area contributed by atoms with E-state index in [2.05, 4.69) is 10.1 Å². The molecular weight excluding hydrogens is 415 g/mol. The van der Waals surface area contributed by atoms with Crippen LogP contribution in [0.3, 0.4) is 0 Å². The van der Waals surface area contributed by atoms with Crippen LogP contribution in [0.2, 0.25) is 10.0 Å². The molecule has 0 atom stereocenters. The van der Waals surface area contributed by atoms with Crippen molar-refractivity contribution >= 4 is 46.8 Å². The maximum Gasteiger partial charge on any atom is 0.343 e. The molecule has 0 saturated carbocycles. The number of nitriles is 1. The fourth-order valence-corrected chi connectivity index (χ4v) is 3.00. The van der Waals surface area contributed by atoms with Crippen LogP contribution in [0, 0.1) is 25.2 Å². The van der Waals surface area contributed by atoms with Gasteiger partial charge in [0.25, 0.3) is 5.91 Å². The number of carbonyl (C=O) groups excluding carboxylic acids is 2. The van der Waals surface area contributed by atoms with E-state index in [0.29, 0.717) is 11.3 Å². The summed E-state index contributed by atoms with van der Waals surface area (Å²) >= 11 is 12.3. The zero-order valence-electron chi connectivity index (χ0n) is 16.0. The van der Waals surface area contributed by atoms with Gasteiger partial charge in [0.15, 0.2) is 12.4 Å². The Morgan fingerprint density at radius 1 is 1.21 bits per heavy atom. The second-order valence-corrected chi connectivity index (χ2v) is 6.86. The zero-order valence-corrected chi connectivity index (χ0v) is 17.5. The lowest BCUT2D eigenvalue weighted by molar-refractivity contribution is -0.142. The summed E-state index contributed by atoms with van der Waals surface area (Å²) in [7, 11) is 1.23. The van der Waals surface area contributed by atoms with Gasteiger partial charge >= 0.3 is 5.97 Å². The maximum atomic E-state index is 12.5. The Kier molecular flexibility index (Phi) is 7.66. The molecule has 0 saturated heterocycles. The van der Waals surface area contributed by atoms with Crippen LogP contribution >= 0.6 is 23.2 Å². The quantitative estimate of drug-likeness (QED) is 0.405. The van der Waals surface area contributed by atoms with Crippen LogP contribution in [0.4, 0.5) is 5.69 Å². The first-order valence-corrected chi connectivity index (χ1v) is 9.20. The van der Waals surface area contributed by atoms with Crippen molar-refractivity contribution in [2.24, 2.45) is 0 Å². The first-order valence-electron chi connectivity index (χ1n) is 8.44. The van der Waals surface area contributed by atoms with Crippen LogP contribution < -0.4 is 10.1 Å². The fourth-order valence-electron chi connectivity index (χ4n) is 2.38. The van der Waals surface area contributed by atoms with E-state index in [1.807, 2.05) is 32.0 Å². The third kappa shape index (κ3) is 5.74. The van der Waals surface area contributed by atoms with Gasteiger partial charge in [-0.2, -0.15) is 5.26 Å². The first kappa shape index (κ1) is 22.3. The number of carbonyl (C=O) groups is 2. The van der Waals surface area contributed by atoms with Crippen molar-refractivity contribution in [1.82, 2.24) is 0 Å². The predicted octanol–water partition coefficient (Wildman–Crippen LogP) is 4.71. The van der Waals surface area contributed by atoms with Gasteiger partial charge < -0.3 is 14.8 Å². The summed E-state index contributed by atoms with van der Waals surface area (Å²) in [5.74, 6) is -1.04. The fraction of sp³-hybridized carbons (Fsp3) is 0.190. The number of hydrogen-bond acceptors (Lipinski definition) is 5. The molecule has 0 aromatic heterocycles. The van der Waals surface area contributed by atoms with E-state index < -0.39 is 11.9 Å². The molecule has 1 N–H and O–H groups in total. The van der Waals surface area contributed by atoms with E-state index >= 15 is 0 Å². The van der Waals surface area contributed by atoms with Gasteiger partial charge in [-0.15, -0.1) is 0 Å². The Balaban J connectivity index is 2.26. The van der Waals surface area contributed by atoms with Crippen molar-refractivity contribution in [1.29, 1.82) is 5.26 Å². The van der Waals surface area contributed by atoms with Crippen LogP contribution in [0.1, 0.15) is 16.7 Å². The third-order valence-corrected chi connectivity index (χ3v) is 4.67. The molecule has 0 unspecified atom stereocenters. The Morgan fingerprint density at radius 2 is 1.86 bits per heavy atom. The number of halogens is 2. The van der Waals surface area contributed by atoms with Gasteiger partial charge in [-0.1, -0.05) is 35.3 Å². The Labute approximate surface area is 178 Å². The number of anilines is 1. The van der Waals surface area contributed by atoms with Crippen molar-refractivity contribution in [2.45, 2.75) is 13.8 Å². The summed E-state index contributed by atoms with van der Waals surface area (Å²) in [4.78, 5) is 23.7. The molecule has 0 bridgehead atoms. The highest BCUT2D eigenvalue weighted by molar-refractivity contribution is 6.37. The minimum absolute atomic E-state index is 0.106. The number of nitrogens with one attached hydrogen (secondary N) is 1. The van der Waals surface area contributed by atoms with E-state index in [1.54, 1.807) is 6.07 Å². The Hall–Kier alpha value is -3.01. The van der Waals surface area contributed by atoms with E-state index in [0.717, 1.165) is 11.1 Å². The molecule has 2 aromatic rings. The van der Waals surface area contributed by atoms with Gasteiger partial charge in [0.1, 0.15) is 11.6 Å². The number of aryl methyl sites for hydroxylation is 1. The van der Waals surface area contributed by atoms with Gasteiger partial charge in [0, 0.05) is 5.69 Å². The SMILES string of the molecule is COC(=O)COc1c(Cl)cc(/C=C(\C#N)C(=O)Nc2cccc(C)c2C)cc1Cl. The normalized spacial score (nSPS) is 10.8. The molecule has 0 spiro atoms. The molecule has 2 rings (SSSR count). The van der Waals surface area contributed by atoms with Gasteiger partial charge in [0.2, 0.25) is 0 Å². The van der Waals surface area contributed by atoms with Crippen LogP contribution in [0.25, 0.3) is 6.08 Å². The number of nitrogens with zero attached hydrogens (tertiary/aromatic N) is 1. The lowest BCUT2D eigenvalue weighted by atomic mass is 10.1. The monoisotopic (exact) mass is 432 g/mol. The molecule has 29 heavy (non-hydrogen) atoms. The van der Waals surface area contributed by atoms with E-state index in [9.17, 15) is 14.9 Å². The lowest BCUT2D eigenvalue weighted by Crippen LogP contribution is -2.14. The first-order chi connectivity index (χ1) is 13.8. The predicted molar refractivity (Wildman–Crippen MR) is 112 cm³/mol. The molecule has 0 aliphatic carbocycles. The second kappa shape index (κ2) is 9.97. The average Bonchev–Trinajstić information content (AvgIpc) is 2.68. The molecule has 0 fully saturated rings. The van der Waals surface area contributed by atoms with Crippen LogP contribution in [-0.4, -0.2) is 25.6 Å². The van der Waals surface area contributed by atoms with E-state index in [-0.39, 0.29) is 28.0 Å². The van der Waals surface area contributed by atoms with Crippen LogP contribution in [0.15, 0.2) is 35.9 Å². The molecule has 0 aliphatic heterocycles. The molecule has 0 aliphatic rings. The maximum absolute atomic E-state index is 12.5. The van der Waals surface area contributed by atoms with Crippen molar-refractivity contribution in [3.05, 3.63) is 62.6 Å². The van der Waals surface area contributed by atoms with Crippen molar-refractivity contribution < 1.29 is 19.1 Å². The smallest absolute Gasteiger partial charge is 0.343 e. The molecule has 0 radical (unpaired) electrons. The minimum Gasteiger partial charge on any atom is -0.479 e. The molecule has 1 amide bonds.